The largest absolute Gasteiger partial charge is 0.271 e. The fourth-order valence-electron chi connectivity index (χ4n) is 2.25. The molecule has 1 atom stereocenters. The second kappa shape index (κ2) is 6.26. The molecule has 4 nitrogen and oxygen atoms in total. The third kappa shape index (κ3) is 2.91. The van der Waals surface area contributed by atoms with E-state index in [0.717, 1.165) is 29.3 Å². The standard InChI is InChI=1S/C14H21ClN4S/c1-5-10-14(15)12(19(4)18-10)7-11(17-16)13-6-8(2)9(3)20-13/h6,11,17H,5,7,16H2,1-4H3. The van der Waals surface area contributed by atoms with E-state index >= 15 is 0 Å². The Labute approximate surface area is 128 Å². The highest BCUT2D eigenvalue weighted by Crippen LogP contribution is 2.30. The molecule has 1 unspecified atom stereocenters. The lowest BCUT2D eigenvalue weighted by molar-refractivity contribution is 0.537. The highest BCUT2D eigenvalue weighted by atomic mass is 35.5. The van der Waals surface area contributed by atoms with E-state index in [1.807, 2.05) is 11.7 Å². The lowest BCUT2D eigenvalue weighted by atomic mass is 10.1. The summed E-state index contributed by atoms with van der Waals surface area (Å²) in [5.41, 5.74) is 6.17. The van der Waals surface area contributed by atoms with Crippen LogP contribution in [0.25, 0.3) is 0 Å². The summed E-state index contributed by atoms with van der Waals surface area (Å²) < 4.78 is 1.86. The van der Waals surface area contributed by atoms with E-state index < -0.39 is 0 Å². The van der Waals surface area contributed by atoms with Gasteiger partial charge in [-0.2, -0.15) is 5.10 Å². The summed E-state index contributed by atoms with van der Waals surface area (Å²) in [6.07, 6.45) is 1.57. The molecule has 0 bridgehead atoms. The van der Waals surface area contributed by atoms with Crippen molar-refractivity contribution in [2.45, 2.75) is 39.7 Å². The minimum absolute atomic E-state index is 0.0602. The molecule has 0 saturated heterocycles. The number of aryl methyl sites for hydroxylation is 4. The van der Waals surface area contributed by atoms with Crippen LogP contribution in [0.4, 0.5) is 0 Å². The van der Waals surface area contributed by atoms with Crippen molar-refractivity contribution in [1.82, 2.24) is 15.2 Å². The second-order valence-corrected chi connectivity index (χ2v) is 6.66. The van der Waals surface area contributed by atoms with Crippen LogP contribution in [0, 0.1) is 13.8 Å². The molecule has 110 valence electrons. The average molecular weight is 313 g/mol. The maximum atomic E-state index is 6.41. The zero-order valence-corrected chi connectivity index (χ0v) is 13.9. The minimum atomic E-state index is 0.0602. The Morgan fingerprint density at radius 3 is 2.65 bits per heavy atom. The lowest BCUT2D eigenvalue weighted by Gasteiger charge is -2.14. The molecule has 0 spiro atoms. The number of hydrazine groups is 1. The van der Waals surface area contributed by atoms with Crippen molar-refractivity contribution in [2.75, 3.05) is 0 Å². The molecule has 0 fully saturated rings. The Bertz CT molecular complexity index is 583. The number of nitrogens with one attached hydrogen (secondary N) is 1. The third-order valence-electron chi connectivity index (χ3n) is 3.63. The first-order valence-electron chi connectivity index (χ1n) is 6.71. The van der Waals surface area contributed by atoms with Crippen LogP contribution in [0.2, 0.25) is 5.02 Å². The van der Waals surface area contributed by atoms with E-state index in [1.165, 1.54) is 15.3 Å². The van der Waals surface area contributed by atoms with Gasteiger partial charge in [0.05, 0.1) is 22.5 Å². The van der Waals surface area contributed by atoms with Gasteiger partial charge in [0, 0.05) is 23.2 Å². The molecule has 0 radical (unpaired) electrons. The number of rotatable bonds is 5. The van der Waals surface area contributed by atoms with Crippen LogP contribution in [0.5, 0.6) is 0 Å². The minimum Gasteiger partial charge on any atom is -0.271 e. The average Bonchev–Trinajstić information content (AvgIpc) is 2.88. The van der Waals surface area contributed by atoms with E-state index in [4.69, 9.17) is 17.4 Å². The number of halogens is 1. The van der Waals surface area contributed by atoms with Gasteiger partial charge in [-0.05, 0) is 31.9 Å². The van der Waals surface area contributed by atoms with Gasteiger partial charge in [0.1, 0.15) is 0 Å². The van der Waals surface area contributed by atoms with Gasteiger partial charge in [0.2, 0.25) is 0 Å². The van der Waals surface area contributed by atoms with Gasteiger partial charge in [-0.3, -0.25) is 16.0 Å². The van der Waals surface area contributed by atoms with Gasteiger partial charge in [-0.15, -0.1) is 11.3 Å². The van der Waals surface area contributed by atoms with Crippen molar-refractivity contribution in [3.05, 3.63) is 37.8 Å². The topological polar surface area (TPSA) is 55.9 Å². The summed E-state index contributed by atoms with van der Waals surface area (Å²) in [7, 11) is 1.93. The Balaban J connectivity index is 2.29. The normalized spacial score (nSPS) is 12.9. The summed E-state index contributed by atoms with van der Waals surface area (Å²) in [6, 6.07) is 2.25. The van der Waals surface area contributed by atoms with E-state index in [9.17, 15) is 0 Å². The lowest BCUT2D eigenvalue weighted by Crippen LogP contribution is -2.29. The molecule has 0 aromatic carbocycles. The molecule has 0 aliphatic heterocycles. The molecule has 0 aliphatic carbocycles. The second-order valence-electron chi connectivity index (χ2n) is 5.00. The molecule has 2 heterocycles. The zero-order valence-electron chi connectivity index (χ0n) is 12.3. The van der Waals surface area contributed by atoms with Crippen molar-refractivity contribution in [3.8, 4) is 0 Å². The van der Waals surface area contributed by atoms with Gasteiger partial charge in [-0.1, -0.05) is 18.5 Å². The van der Waals surface area contributed by atoms with Crippen molar-refractivity contribution in [1.29, 1.82) is 0 Å². The van der Waals surface area contributed by atoms with Gasteiger partial charge in [0.15, 0.2) is 0 Å². The molecule has 0 aliphatic rings. The van der Waals surface area contributed by atoms with Crippen molar-refractivity contribution in [2.24, 2.45) is 12.9 Å². The molecule has 2 aromatic rings. The van der Waals surface area contributed by atoms with Crippen molar-refractivity contribution in [3.63, 3.8) is 0 Å². The number of hydrogen-bond donors (Lipinski definition) is 2. The summed E-state index contributed by atoms with van der Waals surface area (Å²) in [5.74, 6) is 5.74. The summed E-state index contributed by atoms with van der Waals surface area (Å²) in [5, 5.41) is 5.22. The first-order valence-corrected chi connectivity index (χ1v) is 7.90. The van der Waals surface area contributed by atoms with Gasteiger partial charge >= 0.3 is 0 Å². The molecular weight excluding hydrogens is 292 g/mol. The van der Waals surface area contributed by atoms with Crippen LogP contribution < -0.4 is 11.3 Å². The molecule has 20 heavy (non-hydrogen) atoms. The summed E-state index contributed by atoms with van der Waals surface area (Å²) in [4.78, 5) is 2.56. The molecule has 0 saturated carbocycles. The fourth-order valence-corrected chi connectivity index (χ4v) is 3.72. The predicted molar refractivity (Wildman–Crippen MR) is 85.2 cm³/mol. The Hall–Kier alpha value is -0.880. The third-order valence-corrected chi connectivity index (χ3v) is 5.33. The maximum absolute atomic E-state index is 6.41. The van der Waals surface area contributed by atoms with E-state index in [0.29, 0.717) is 0 Å². The smallest absolute Gasteiger partial charge is 0.0850 e. The molecule has 2 rings (SSSR count). The SMILES string of the molecule is CCc1nn(C)c(CC(NN)c2cc(C)c(C)s2)c1Cl. The Morgan fingerprint density at radius 2 is 2.20 bits per heavy atom. The molecule has 0 amide bonds. The molecular formula is C14H21ClN4S. The monoisotopic (exact) mass is 312 g/mol. The van der Waals surface area contributed by atoms with Crippen LogP contribution >= 0.6 is 22.9 Å². The summed E-state index contributed by atoms with van der Waals surface area (Å²) >= 11 is 8.18. The van der Waals surface area contributed by atoms with E-state index in [2.05, 4.69) is 37.4 Å². The number of thiophene rings is 1. The van der Waals surface area contributed by atoms with Gasteiger partial charge < -0.3 is 0 Å². The number of aromatic nitrogens is 2. The van der Waals surface area contributed by atoms with Crippen LogP contribution in [0.3, 0.4) is 0 Å². The first-order chi connectivity index (χ1) is 9.47. The fraction of sp³-hybridized carbons (Fsp3) is 0.500. The maximum Gasteiger partial charge on any atom is 0.0850 e. The highest BCUT2D eigenvalue weighted by Gasteiger charge is 2.20. The van der Waals surface area contributed by atoms with Crippen LogP contribution in [-0.4, -0.2) is 9.78 Å². The zero-order chi connectivity index (χ0) is 14.9. The number of hydrogen-bond acceptors (Lipinski definition) is 4. The highest BCUT2D eigenvalue weighted by molar-refractivity contribution is 7.12. The van der Waals surface area contributed by atoms with Gasteiger partial charge in [0.25, 0.3) is 0 Å². The van der Waals surface area contributed by atoms with Crippen LogP contribution in [0.15, 0.2) is 6.07 Å². The predicted octanol–water partition coefficient (Wildman–Crippen LogP) is 3.06. The molecule has 2 aromatic heterocycles. The molecule has 6 heteroatoms. The quantitative estimate of drug-likeness (QED) is 0.659. The van der Waals surface area contributed by atoms with E-state index in [1.54, 1.807) is 11.3 Å². The molecule has 3 N–H and O–H groups in total. The number of nitrogens with zero attached hydrogens (tertiary/aromatic N) is 2. The summed E-state index contributed by atoms with van der Waals surface area (Å²) in [6.45, 7) is 6.31. The number of nitrogens with two attached hydrogens (primary N) is 1. The van der Waals surface area contributed by atoms with Gasteiger partial charge in [-0.25, -0.2) is 0 Å². The van der Waals surface area contributed by atoms with Crippen molar-refractivity contribution >= 4 is 22.9 Å². The van der Waals surface area contributed by atoms with Crippen LogP contribution in [0.1, 0.15) is 39.7 Å². The Morgan fingerprint density at radius 1 is 1.50 bits per heavy atom. The first kappa shape index (κ1) is 15.5. The Kier molecular flexibility index (Phi) is 4.86. The van der Waals surface area contributed by atoms with Crippen molar-refractivity contribution < 1.29 is 0 Å². The van der Waals surface area contributed by atoms with Crippen LogP contribution in [-0.2, 0) is 19.9 Å². The van der Waals surface area contributed by atoms with E-state index in [-0.39, 0.29) is 6.04 Å².